The van der Waals surface area contributed by atoms with Gasteiger partial charge in [0, 0.05) is 6.04 Å². The van der Waals surface area contributed by atoms with Crippen molar-refractivity contribution in [1.29, 1.82) is 0 Å². The Labute approximate surface area is 114 Å². The number of hydrogen-bond donors (Lipinski definition) is 2. The number of anilines is 1. The van der Waals surface area contributed by atoms with Crippen LogP contribution in [0.3, 0.4) is 0 Å². The van der Waals surface area contributed by atoms with Crippen LogP contribution in [0, 0.1) is 0 Å². The number of rotatable bonds is 4. The highest BCUT2D eigenvalue weighted by Crippen LogP contribution is 2.19. The van der Waals surface area contributed by atoms with E-state index in [0.29, 0.717) is 17.1 Å². The smallest absolute Gasteiger partial charge is 0.283 e. The van der Waals surface area contributed by atoms with E-state index in [-0.39, 0.29) is 5.56 Å². The fourth-order valence-electron chi connectivity index (χ4n) is 2.00. The van der Waals surface area contributed by atoms with Crippen molar-refractivity contribution in [3.05, 3.63) is 33.7 Å². The second-order valence-corrected chi connectivity index (χ2v) is 5.11. The van der Waals surface area contributed by atoms with Gasteiger partial charge in [0.1, 0.15) is 4.47 Å². The van der Waals surface area contributed by atoms with Crippen LogP contribution >= 0.6 is 15.9 Å². The third kappa shape index (κ3) is 3.00. The first-order valence-electron chi connectivity index (χ1n) is 6.06. The van der Waals surface area contributed by atoms with Crippen molar-refractivity contribution in [3.63, 3.8) is 0 Å². The molecule has 1 aromatic heterocycles. The summed E-state index contributed by atoms with van der Waals surface area (Å²) in [4.78, 5) is 12.0. The Morgan fingerprint density at radius 3 is 3.00 bits per heavy atom. The van der Waals surface area contributed by atoms with E-state index in [2.05, 4.69) is 38.2 Å². The van der Waals surface area contributed by atoms with Crippen LogP contribution in [0.25, 0.3) is 0 Å². The molecule has 18 heavy (non-hydrogen) atoms. The molecule has 1 fully saturated rings. The molecule has 0 aromatic carbocycles. The Morgan fingerprint density at radius 2 is 2.33 bits per heavy atom. The second kappa shape index (κ2) is 6.15. The fourth-order valence-corrected chi connectivity index (χ4v) is 2.43. The van der Waals surface area contributed by atoms with Crippen LogP contribution in [0.4, 0.5) is 5.69 Å². The standard InChI is InChI=1S/C12H17BrN4O/c1-2-7-17-12(18)11(13)10(8-15-17)16-9-3-5-14-6-4-9/h2,8-9,14,16H,1,3-7H2. The Kier molecular flexibility index (Phi) is 4.54. The molecular weight excluding hydrogens is 296 g/mol. The molecule has 2 heterocycles. The number of halogens is 1. The normalized spacial score (nSPS) is 16.5. The molecule has 1 aromatic rings. The van der Waals surface area contributed by atoms with Crippen LogP contribution in [0.15, 0.2) is 28.1 Å². The predicted molar refractivity (Wildman–Crippen MR) is 75.9 cm³/mol. The first-order valence-corrected chi connectivity index (χ1v) is 6.85. The van der Waals surface area contributed by atoms with E-state index in [1.165, 1.54) is 4.68 Å². The lowest BCUT2D eigenvalue weighted by Gasteiger charge is -2.25. The largest absolute Gasteiger partial charge is 0.380 e. The van der Waals surface area contributed by atoms with E-state index in [1.807, 2.05) is 0 Å². The third-order valence-electron chi connectivity index (χ3n) is 2.99. The highest BCUT2D eigenvalue weighted by molar-refractivity contribution is 9.10. The first kappa shape index (κ1) is 13.3. The SMILES string of the molecule is C=CCn1ncc(NC2CCNCC2)c(Br)c1=O. The molecule has 0 unspecified atom stereocenters. The molecule has 0 spiro atoms. The second-order valence-electron chi connectivity index (χ2n) is 4.32. The predicted octanol–water partition coefficient (Wildman–Crippen LogP) is 1.36. The van der Waals surface area contributed by atoms with Gasteiger partial charge in [-0.3, -0.25) is 4.79 Å². The monoisotopic (exact) mass is 312 g/mol. The molecule has 1 aliphatic rings. The molecule has 98 valence electrons. The molecule has 5 nitrogen and oxygen atoms in total. The van der Waals surface area contributed by atoms with Gasteiger partial charge >= 0.3 is 0 Å². The maximum Gasteiger partial charge on any atom is 0.283 e. The van der Waals surface area contributed by atoms with E-state index >= 15 is 0 Å². The van der Waals surface area contributed by atoms with Crippen LogP contribution in [-0.4, -0.2) is 28.9 Å². The highest BCUT2D eigenvalue weighted by Gasteiger charge is 2.15. The average molecular weight is 313 g/mol. The van der Waals surface area contributed by atoms with Gasteiger partial charge in [0.2, 0.25) is 0 Å². The van der Waals surface area contributed by atoms with Gasteiger partial charge in [-0.1, -0.05) is 6.08 Å². The molecule has 1 saturated heterocycles. The number of hydrogen-bond acceptors (Lipinski definition) is 4. The van der Waals surface area contributed by atoms with Crippen LogP contribution < -0.4 is 16.2 Å². The zero-order valence-electron chi connectivity index (χ0n) is 10.2. The summed E-state index contributed by atoms with van der Waals surface area (Å²) in [6.07, 6.45) is 5.46. The maximum atomic E-state index is 12.0. The van der Waals surface area contributed by atoms with Crippen molar-refractivity contribution < 1.29 is 0 Å². The molecule has 0 saturated carbocycles. The maximum absolute atomic E-state index is 12.0. The minimum absolute atomic E-state index is 0.131. The van der Waals surface area contributed by atoms with Crippen molar-refractivity contribution in [2.75, 3.05) is 18.4 Å². The van der Waals surface area contributed by atoms with Crippen LogP contribution in [-0.2, 0) is 6.54 Å². The molecule has 6 heteroatoms. The number of nitrogens with one attached hydrogen (secondary N) is 2. The van der Waals surface area contributed by atoms with E-state index < -0.39 is 0 Å². The van der Waals surface area contributed by atoms with Crippen LogP contribution in [0.2, 0.25) is 0 Å². The van der Waals surface area contributed by atoms with Gasteiger partial charge < -0.3 is 10.6 Å². The van der Waals surface area contributed by atoms with Crippen molar-refractivity contribution in [2.24, 2.45) is 0 Å². The Bertz CT molecular complexity index is 479. The summed E-state index contributed by atoms with van der Waals surface area (Å²) < 4.78 is 1.92. The summed E-state index contributed by atoms with van der Waals surface area (Å²) >= 11 is 3.34. The number of piperidine rings is 1. The highest BCUT2D eigenvalue weighted by atomic mass is 79.9. The fraction of sp³-hybridized carbons (Fsp3) is 0.500. The molecule has 2 N–H and O–H groups in total. The van der Waals surface area contributed by atoms with Gasteiger partial charge in [-0.05, 0) is 41.9 Å². The molecule has 2 rings (SSSR count). The van der Waals surface area contributed by atoms with Gasteiger partial charge in [0.05, 0.1) is 18.4 Å². The van der Waals surface area contributed by atoms with Gasteiger partial charge in [-0.2, -0.15) is 5.10 Å². The minimum Gasteiger partial charge on any atom is -0.380 e. The molecular formula is C12H17BrN4O. The van der Waals surface area contributed by atoms with Crippen molar-refractivity contribution in [3.8, 4) is 0 Å². The van der Waals surface area contributed by atoms with Gasteiger partial charge in [-0.25, -0.2) is 4.68 Å². The Hall–Kier alpha value is -1.14. The third-order valence-corrected chi connectivity index (χ3v) is 3.75. The minimum atomic E-state index is -0.131. The molecule has 1 aliphatic heterocycles. The Balaban J connectivity index is 2.15. The van der Waals surface area contributed by atoms with Crippen molar-refractivity contribution in [2.45, 2.75) is 25.4 Å². The quantitative estimate of drug-likeness (QED) is 0.824. The Morgan fingerprint density at radius 1 is 1.61 bits per heavy atom. The topological polar surface area (TPSA) is 59.0 Å². The van der Waals surface area contributed by atoms with Crippen LogP contribution in [0.1, 0.15) is 12.8 Å². The van der Waals surface area contributed by atoms with E-state index in [4.69, 9.17) is 0 Å². The van der Waals surface area contributed by atoms with Gasteiger partial charge in [0.25, 0.3) is 5.56 Å². The summed E-state index contributed by atoms with van der Waals surface area (Å²) in [7, 11) is 0. The van der Waals surface area contributed by atoms with Gasteiger partial charge in [0.15, 0.2) is 0 Å². The molecule has 0 radical (unpaired) electrons. The van der Waals surface area contributed by atoms with E-state index in [1.54, 1.807) is 12.3 Å². The van der Waals surface area contributed by atoms with Crippen molar-refractivity contribution >= 4 is 21.6 Å². The number of allylic oxidation sites excluding steroid dienone is 1. The first-order chi connectivity index (χ1) is 8.72. The summed E-state index contributed by atoms with van der Waals surface area (Å²) in [6, 6.07) is 0.402. The summed E-state index contributed by atoms with van der Waals surface area (Å²) in [5, 5.41) is 10.8. The lowest BCUT2D eigenvalue weighted by atomic mass is 10.1. The molecule has 0 aliphatic carbocycles. The van der Waals surface area contributed by atoms with E-state index in [9.17, 15) is 4.79 Å². The summed E-state index contributed by atoms with van der Waals surface area (Å²) in [5.74, 6) is 0. The summed E-state index contributed by atoms with van der Waals surface area (Å²) in [6.45, 7) is 6.05. The zero-order valence-corrected chi connectivity index (χ0v) is 11.7. The van der Waals surface area contributed by atoms with E-state index in [0.717, 1.165) is 31.6 Å². The van der Waals surface area contributed by atoms with Crippen LogP contribution in [0.5, 0.6) is 0 Å². The number of aromatic nitrogens is 2. The zero-order chi connectivity index (χ0) is 13.0. The molecule has 0 amide bonds. The number of nitrogens with zero attached hydrogens (tertiary/aromatic N) is 2. The lowest BCUT2D eigenvalue weighted by molar-refractivity contribution is 0.478. The molecule has 0 atom stereocenters. The summed E-state index contributed by atoms with van der Waals surface area (Å²) in [5.41, 5.74) is 0.640. The average Bonchev–Trinajstić information content (AvgIpc) is 2.40. The lowest BCUT2D eigenvalue weighted by Crippen LogP contribution is -2.36. The van der Waals surface area contributed by atoms with Gasteiger partial charge in [-0.15, -0.1) is 6.58 Å². The molecule has 0 bridgehead atoms. The van der Waals surface area contributed by atoms with Crippen molar-refractivity contribution in [1.82, 2.24) is 15.1 Å².